The van der Waals surface area contributed by atoms with Crippen LogP contribution in [0.2, 0.25) is 5.15 Å². The maximum absolute atomic E-state index is 12.6. The highest BCUT2D eigenvalue weighted by molar-refractivity contribution is 6.29. The van der Waals surface area contributed by atoms with Gasteiger partial charge in [-0.1, -0.05) is 23.7 Å². The van der Waals surface area contributed by atoms with Crippen LogP contribution in [0.4, 0.5) is 26.3 Å². The quantitative estimate of drug-likeness (QED) is 0.545. The predicted octanol–water partition coefficient (Wildman–Crippen LogP) is 5.32. The Morgan fingerprint density at radius 3 is 1.95 bits per heavy atom. The molecular weight excluding hydrogens is 336 g/mol. The molecule has 1 aromatic carbocycles. The summed E-state index contributed by atoms with van der Waals surface area (Å²) in [5.74, 6) is -0.479. The average Bonchev–Trinajstić information content (AvgIpc) is 2.36. The van der Waals surface area contributed by atoms with Gasteiger partial charge in [0.2, 0.25) is 0 Å². The standard InChI is InChI=1S/C13H6ClF6NO/c14-11-6-8(5-10(21-11)12(15,16)17)7-1-3-9(4-2-7)22-13(18,19)20/h1-6H. The van der Waals surface area contributed by atoms with Crippen LogP contribution in [0.3, 0.4) is 0 Å². The SMILES string of the molecule is FC(F)(F)Oc1ccc(-c2cc(Cl)nc(C(F)(F)F)c2)cc1. The van der Waals surface area contributed by atoms with E-state index in [2.05, 4.69) is 9.72 Å². The van der Waals surface area contributed by atoms with Crippen LogP contribution in [0.15, 0.2) is 36.4 Å². The van der Waals surface area contributed by atoms with Gasteiger partial charge in [-0.05, 0) is 35.4 Å². The first-order chi connectivity index (χ1) is 10.0. The second-order valence-electron chi connectivity index (χ2n) is 4.13. The lowest BCUT2D eigenvalue weighted by Crippen LogP contribution is -2.16. The topological polar surface area (TPSA) is 22.1 Å². The smallest absolute Gasteiger partial charge is 0.406 e. The van der Waals surface area contributed by atoms with Crippen molar-refractivity contribution in [2.45, 2.75) is 12.5 Å². The van der Waals surface area contributed by atoms with Gasteiger partial charge in [0, 0.05) is 0 Å². The first-order valence-electron chi connectivity index (χ1n) is 5.65. The molecule has 1 heterocycles. The van der Waals surface area contributed by atoms with E-state index >= 15 is 0 Å². The van der Waals surface area contributed by atoms with Gasteiger partial charge in [-0.3, -0.25) is 0 Å². The third-order valence-electron chi connectivity index (χ3n) is 2.51. The molecule has 0 N–H and O–H groups in total. The molecule has 0 fully saturated rings. The fourth-order valence-corrected chi connectivity index (χ4v) is 1.87. The van der Waals surface area contributed by atoms with E-state index in [-0.39, 0.29) is 16.3 Å². The molecule has 2 rings (SSSR count). The molecule has 2 nitrogen and oxygen atoms in total. The normalized spacial score (nSPS) is 12.3. The Morgan fingerprint density at radius 2 is 1.45 bits per heavy atom. The molecule has 0 amide bonds. The van der Waals surface area contributed by atoms with E-state index in [1.165, 1.54) is 18.2 Å². The summed E-state index contributed by atoms with van der Waals surface area (Å²) in [4.78, 5) is 3.16. The van der Waals surface area contributed by atoms with Crippen LogP contribution >= 0.6 is 11.6 Å². The van der Waals surface area contributed by atoms with Gasteiger partial charge >= 0.3 is 12.5 Å². The highest BCUT2D eigenvalue weighted by atomic mass is 35.5. The van der Waals surface area contributed by atoms with Crippen LogP contribution in [0.25, 0.3) is 11.1 Å². The van der Waals surface area contributed by atoms with Crippen molar-refractivity contribution in [2.24, 2.45) is 0 Å². The highest BCUT2D eigenvalue weighted by Crippen LogP contribution is 2.33. The number of ether oxygens (including phenoxy) is 1. The number of halogens is 7. The molecule has 0 atom stereocenters. The van der Waals surface area contributed by atoms with Crippen LogP contribution in [-0.2, 0) is 6.18 Å². The molecule has 0 unspecified atom stereocenters. The number of aromatic nitrogens is 1. The summed E-state index contributed by atoms with van der Waals surface area (Å²) in [5.41, 5.74) is -0.874. The van der Waals surface area contributed by atoms with Gasteiger partial charge in [-0.2, -0.15) is 13.2 Å². The molecule has 9 heteroatoms. The van der Waals surface area contributed by atoms with E-state index in [1.807, 2.05) is 0 Å². The summed E-state index contributed by atoms with van der Waals surface area (Å²) in [7, 11) is 0. The molecule has 0 aliphatic rings. The maximum Gasteiger partial charge on any atom is 0.573 e. The van der Waals surface area contributed by atoms with Gasteiger partial charge in [-0.25, -0.2) is 4.98 Å². The number of nitrogens with zero attached hydrogens (tertiary/aromatic N) is 1. The zero-order chi connectivity index (χ0) is 16.5. The minimum atomic E-state index is -4.84. The summed E-state index contributed by atoms with van der Waals surface area (Å²) in [6.45, 7) is 0. The first kappa shape index (κ1) is 16.4. The van der Waals surface area contributed by atoms with Gasteiger partial charge < -0.3 is 4.74 Å². The molecule has 1 aromatic heterocycles. The molecule has 0 aliphatic heterocycles. The summed E-state index contributed by atoms with van der Waals surface area (Å²) in [6, 6.07) is 6.29. The van der Waals surface area contributed by atoms with Crippen molar-refractivity contribution < 1.29 is 31.1 Å². The van der Waals surface area contributed by atoms with E-state index in [0.717, 1.165) is 18.2 Å². The zero-order valence-electron chi connectivity index (χ0n) is 10.5. The van der Waals surface area contributed by atoms with Crippen molar-refractivity contribution in [3.63, 3.8) is 0 Å². The molecule has 0 saturated carbocycles. The summed E-state index contributed by atoms with van der Waals surface area (Å²) in [5, 5.41) is -0.375. The predicted molar refractivity (Wildman–Crippen MR) is 66.4 cm³/mol. The van der Waals surface area contributed by atoms with Crippen molar-refractivity contribution in [1.82, 2.24) is 4.98 Å². The second-order valence-corrected chi connectivity index (χ2v) is 4.52. The Hall–Kier alpha value is -1.96. The molecule has 0 bridgehead atoms. The van der Waals surface area contributed by atoms with Crippen molar-refractivity contribution in [1.29, 1.82) is 0 Å². The Labute approximate surface area is 125 Å². The second kappa shape index (κ2) is 5.68. The Balaban J connectivity index is 2.34. The minimum absolute atomic E-state index is 0.0749. The number of pyridine rings is 1. The van der Waals surface area contributed by atoms with Crippen LogP contribution < -0.4 is 4.74 Å². The molecule has 0 saturated heterocycles. The van der Waals surface area contributed by atoms with Gasteiger partial charge in [0.1, 0.15) is 16.6 Å². The average molecular weight is 342 g/mol. The number of hydrogen-bond donors (Lipinski definition) is 0. The molecule has 0 spiro atoms. The lowest BCUT2D eigenvalue weighted by molar-refractivity contribution is -0.274. The molecule has 118 valence electrons. The van der Waals surface area contributed by atoms with Gasteiger partial charge in [-0.15, -0.1) is 13.2 Å². The molecule has 22 heavy (non-hydrogen) atoms. The van der Waals surface area contributed by atoms with Gasteiger partial charge in [0.15, 0.2) is 0 Å². The van der Waals surface area contributed by atoms with E-state index in [9.17, 15) is 26.3 Å². The van der Waals surface area contributed by atoms with E-state index < -0.39 is 24.0 Å². The van der Waals surface area contributed by atoms with Gasteiger partial charge in [0.05, 0.1) is 0 Å². The molecule has 2 aromatic rings. The zero-order valence-corrected chi connectivity index (χ0v) is 11.2. The van der Waals surface area contributed by atoms with Crippen molar-refractivity contribution in [3.05, 3.63) is 47.2 Å². The fraction of sp³-hybridized carbons (Fsp3) is 0.154. The molecular formula is C13H6ClF6NO. The van der Waals surface area contributed by atoms with Crippen molar-refractivity contribution in [3.8, 4) is 16.9 Å². The number of rotatable bonds is 2. The van der Waals surface area contributed by atoms with Crippen molar-refractivity contribution >= 4 is 11.6 Å². The number of hydrogen-bond acceptors (Lipinski definition) is 2. The van der Waals surface area contributed by atoms with Crippen LogP contribution in [0, 0.1) is 0 Å². The summed E-state index contributed by atoms with van der Waals surface area (Å²) >= 11 is 5.54. The first-order valence-corrected chi connectivity index (χ1v) is 6.03. The summed E-state index contributed by atoms with van der Waals surface area (Å²) in [6.07, 6.45) is -9.52. The van der Waals surface area contributed by atoms with Crippen LogP contribution in [0.5, 0.6) is 5.75 Å². The van der Waals surface area contributed by atoms with E-state index in [1.54, 1.807) is 0 Å². The third-order valence-corrected chi connectivity index (χ3v) is 2.70. The van der Waals surface area contributed by atoms with Crippen molar-refractivity contribution in [2.75, 3.05) is 0 Å². The minimum Gasteiger partial charge on any atom is -0.406 e. The third kappa shape index (κ3) is 4.27. The maximum atomic E-state index is 12.6. The Bertz CT molecular complexity index is 666. The lowest BCUT2D eigenvalue weighted by atomic mass is 10.1. The van der Waals surface area contributed by atoms with E-state index in [4.69, 9.17) is 11.6 Å². The number of alkyl halides is 6. The Kier molecular flexibility index (Phi) is 4.23. The fourth-order valence-electron chi connectivity index (χ4n) is 1.66. The van der Waals surface area contributed by atoms with E-state index in [0.29, 0.717) is 0 Å². The van der Waals surface area contributed by atoms with Gasteiger partial charge in [0.25, 0.3) is 0 Å². The molecule has 0 radical (unpaired) electrons. The summed E-state index contributed by atoms with van der Waals surface area (Å²) < 4.78 is 77.7. The largest absolute Gasteiger partial charge is 0.573 e. The Morgan fingerprint density at radius 1 is 0.864 bits per heavy atom. The van der Waals surface area contributed by atoms with Crippen LogP contribution in [0.1, 0.15) is 5.69 Å². The van der Waals surface area contributed by atoms with Crippen LogP contribution in [-0.4, -0.2) is 11.3 Å². The lowest BCUT2D eigenvalue weighted by Gasteiger charge is -2.11. The number of benzene rings is 1. The monoisotopic (exact) mass is 341 g/mol. The molecule has 0 aliphatic carbocycles. The highest BCUT2D eigenvalue weighted by Gasteiger charge is 2.33.